The molecule has 1 fully saturated rings. The van der Waals surface area contributed by atoms with E-state index in [1.54, 1.807) is 11.3 Å². The molecule has 0 spiro atoms. The fourth-order valence-corrected chi connectivity index (χ4v) is 2.24. The van der Waals surface area contributed by atoms with Crippen molar-refractivity contribution >= 4 is 11.3 Å². The normalized spacial score (nSPS) is 22.3. The Balaban J connectivity index is 1.63. The Labute approximate surface area is 82.9 Å². The zero-order valence-corrected chi connectivity index (χ0v) is 8.48. The average Bonchev–Trinajstić information content (AvgIpc) is 2.75. The first kappa shape index (κ1) is 9.19. The van der Waals surface area contributed by atoms with Crippen molar-refractivity contribution in [2.75, 3.05) is 13.2 Å². The Bertz CT molecular complexity index is 229. The highest BCUT2D eigenvalue weighted by atomic mass is 32.1. The molecule has 1 aliphatic heterocycles. The third-order valence-electron chi connectivity index (χ3n) is 2.31. The van der Waals surface area contributed by atoms with Gasteiger partial charge in [-0.25, -0.2) is 0 Å². The molecular weight excluding hydrogens is 182 g/mol. The lowest BCUT2D eigenvalue weighted by Crippen LogP contribution is -2.26. The lowest BCUT2D eigenvalue weighted by atomic mass is 10.2. The largest absolute Gasteiger partial charge is 0.374 e. The lowest BCUT2D eigenvalue weighted by molar-refractivity contribution is 0.105. The van der Waals surface area contributed by atoms with E-state index in [2.05, 4.69) is 22.8 Å². The van der Waals surface area contributed by atoms with Crippen LogP contribution < -0.4 is 5.32 Å². The summed E-state index contributed by atoms with van der Waals surface area (Å²) >= 11 is 1.76. The van der Waals surface area contributed by atoms with Gasteiger partial charge in [0.15, 0.2) is 0 Å². The second-order valence-corrected chi connectivity index (χ2v) is 4.42. The third kappa shape index (κ3) is 2.79. The first-order valence-corrected chi connectivity index (χ1v) is 5.66. The Morgan fingerprint density at radius 3 is 3.31 bits per heavy atom. The van der Waals surface area contributed by atoms with Gasteiger partial charge in [-0.05, 0) is 30.8 Å². The van der Waals surface area contributed by atoms with Crippen LogP contribution in [0.1, 0.15) is 17.7 Å². The van der Waals surface area contributed by atoms with Gasteiger partial charge in [0.05, 0.1) is 13.2 Å². The molecule has 1 N–H and O–H groups in total. The Kier molecular flexibility index (Phi) is 3.35. The van der Waals surface area contributed by atoms with Crippen LogP contribution in [0.5, 0.6) is 0 Å². The molecule has 0 bridgehead atoms. The molecule has 0 unspecified atom stereocenters. The molecular formula is C10H15NOS. The predicted molar refractivity (Wildman–Crippen MR) is 55.0 cm³/mol. The first-order chi connectivity index (χ1) is 6.45. The summed E-state index contributed by atoms with van der Waals surface area (Å²) in [7, 11) is 0. The zero-order chi connectivity index (χ0) is 8.93. The zero-order valence-electron chi connectivity index (χ0n) is 7.66. The highest BCUT2D eigenvalue weighted by Gasteiger charge is 2.13. The summed E-state index contributed by atoms with van der Waals surface area (Å²) in [5, 5.41) is 5.50. The van der Waals surface area contributed by atoms with Gasteiger partial charge in [-0.2, -0.15) is 0 Å². The predicted octanol–water partition coefficient (Wildman–Crippen LogP) is 2.02. The molecule has 1 atom stereocenters. The molecule has 3 heteroatoms. The van der Waals surface area contributed by atoms with E-state index in [1.807, 2.05) is 0 Å². The van der Waals surface area contributed by atoms with Crippen LogP contribution in [0.3, 0.4) is 0 Å². The smallest absolute Gasteiger partial charge is 0.0810 e. The maximum Gasteiger partial charge on any atom is 0.0810 e. The van der Waals surface area contributed by atoms with Crippen molar-refractivity contribution in [1.29, 1.82) is 0 Å². The van der Waals surface area contributed by atoms with Crippen molar-refractivity contribution in [3.8, 4) is 0 Å². The van der Waals surface area contributed by atoms with Crippen molar-refractivity contribution in [1.82, 2.24) is 5.32 Å². The minimum absolute atomic E-state index is 0.597. The molecule has 1 aliphatic rings. The standard InChI is InChI=1S/C10H15NOS/c1-3-9(11-5-1)7-12-8-10-4-2-6-13-10/h2,4,6,9,11H,1,3,5,7-8H2/t9-/m0/s1. The highest BCUT2D eigenvalue weighted by molar-refractivity contribution is 7.09. The van der Waals surface area contributed by atoms with Crippen LogP contribution in [0.25, 0.3) is 0 Å². The molecule has 2 heterocycles. The molecule has 2 nitrogen and oxygen atoms in total. The molecule has 72 valence electrons. The molecule has 0 radical (unpaired) electrons. The van der Waals surface area contributed by atoms with Crippen LogP contribution in [0.2, 0.25) is 0 Å². The molecule has 2 rings (SSSR count). The van der Waals surface area contributed by atoms with Crippen LogP contribution in [0.4, 0.5) is 0 Å². The number of thiophene rings is 1. The Hall–Kier alpha value is -0.380. The summed E-state index contributed by atoms with van der Waals surface area (Å²) in [4.78, 5) is 1.32. The summed E-state index contributed by atoms with van der Waals surface area (Å²) in [6, 6.07) is 4.78. The number of ether oxygens (including phenoxy) is 1. The van der Waals surface area contributed by atoms with E-state index in [-0.39, 0.29) is 0 Å². The second-order valence-electron chi connectivity index (χ2n) is 3.39. The van der Waals surface area contributed by atoms with Gasteiger partial charge in [0.25, 0.3) is 0 Å². The molecule has 0 aliphatic carbocycles. The van der Waals surface area contributed by atoms with Crippen molar-refractivity contribution in [3.63, 3.8) is 0 Å². The summed E-state index contributed by atoms with van der Waals surface area (Å²) < 4.78 is 5.61. The molecule has 13 heavy (non-hydrogen) atoms. The van der Waals surface area contributed by atoms with E-state index < -0.39 is 0 Å². The van der Waals surface area contributed by atoms with Gasteiger partial charge >= 0.3 is 0 Å². The summed E-state index contributed by atoms with van der Waals surface area (Å²) in [5.74, 6) is 0. The maximum absolute atomic E-state index is 5.61. The molecule has 0 aromatic carbocycles. The SMILES string of the molecule is c1csc(COC[C@@H]2CCCN2)c1. The summed E-state index contributed by atoms with van der Waals surface area (Å²) in [6.45, 7) is 2.79. The van der Waals surface area contributed by atoms with Crippen molar-refractivity contribution in [2.45, 2.75) is 25.5 Å². The van der Waals surface area contributed by atoms with E-state index in [0.717, 1.165) is 19.8 Å². The van der Waals surface area contributed by atoms with E-state index in [0.29, 0.717) is 6.04 Å². The van der Waals surface area contributed by atoms with E-state index in [4.69, 9.17) is 4.74 Å². The second kappa shape index (κ2) is 4.74. The van der Waals surface area contributed by atoms with Crippen LogP contribution in [0, 0.1) is 0 Å². The van der Waals surface area contributed by atoms with Gasteiger partial charge in [-0.15, -0.1) is 11.3 Å². The van der Waals surface area contributed by atoms with Gasteiger partial charge in [-0.1, -0.05) is 6.07 Å². The fourth-order valence-electron chi connectivity index (χ4n) is 1.60. The highest BCUT2D eigenvalue weighted by Crippen LogP contribution is 2.11. The topological polar surface area (TPSA) is 21.3 Å². The first-order valence-electron chi connectivity index (χ1n) is 4.78. The number of hydrogen-bond donors (Lipinski definition) is 1. The minimum atomic E-state index is 0.597. The van der Waals surface area contributed by atoms with Crippen LogP contribution in [-0.2, 0) is 11.3 Å². The van der Waals surface area contributed by atoms with Gasteiger partial charge in [-0.3, -0.25) is 0 Å². The summed E-state index contributed by atoms with van der Waals surface area (Å²) in [5.41, 5.74) is 0. The van der Waals surface area contributed by atoms with E-state index in [9.17, 15) is 0 Å². The monoisotopic (exact) mass is 197 g/mol. The van der Waals surface area contributed by atoms with E-state index in [1.165, 1.54) is 17.7 Å². The van der Waals surface area contributed by atoms with Crippen molar-refractivity contribution < 1.29 is 4.74 Å². The minimum Gasteiger partial charge on any atom is -0.374 e. The van der Waals surface area contributed by atoms with Gasteiger partial charge in [0.1, 0.15) is 0 Å². The maximum atomic E-state index is 5.61. The number of rotatable bonds is 4. The molecule has 1 saturated heterocycles. The molecule has 0 saturated carbocycles. The quantitative estimate of drug-likeness (QED) is 0.797. The van der Waals surface area contributed by atoms with E-state index >= 15 is 0 Å². The lowest BCUT2D eigenvalue weighted by Gasteiger charge is -2.09. The van der Waals surface area contributed by atoms with Crippen LogP contribution in [0.15, 0.2) is 17.5 Å². The van der Waals surface area contributed by atoms with Crippen LogP contribution >= 0.6 is 11.3 Å². The summed E-state index contributed by atoms with van der Waals surface area (Å²) in [6.07, 6.45) is 2.57. The Morgan fingerprint density at radius 1 is 1.62 bits per heavy atom. The molecule has 0 amide bonds. The van der Waals surface area contributed by atoms with Crippen LogP contribution in [-0.4, -0.2) is 19.2 Å². The van der Waals surface area contributed by atoms with Crippen molar-refractivity contribution in [3.05, 3.63) is 22.4 Å². The molecule has 1 aromatic rings. The fraction of sp³-hybridized carbons (Fsp3) is 0.600. The number of nitrogens with one attached hydrogen (secondary N) is 1. The third-order valence-corrected chi connectivity index (χ3v) is 3.16. The number of hydrogen-bond acceptors (Lipinski definition) is 3. The Morgan fingerprint density at radius 2 is 2.62 bits per heavy atom. The average molecular weight is 197 g/mol. The van der Waals surface area contributed by atoms with Gasteiger partial charge in [0.2, 0.25) is 0 Å². The molecule has 1 aromatic heterocycles. The van der Waals surface area contributed by atoms with Gasteiger partial charge in [0, 0.05) is 10.9 Å². The van der Waals surface area contributed by atoms with Crippen molar-refractivity contribution in [2.24, 2.45) is 0 Å². The van der Waals surface area contributed by atoms with Gasteiger partial charge < -0.3 is 10.1 Å².